The zero-order valence-electron chi connectivity index (χ0n) is 11.7. The minimum Gasteiger partial charge on any atom is -0.339 e. The highest BCUT2D eigenvalue weighted by molar-refractivity contribution is 7.94. The van der Waals surface area contributed by atoms with Gasteiger partial charge in [-0.15, -0.1) is 11.3 Å². The van der Waals surface area contributed by atoms with Crippen LogP contribution in [0, 0.1) is 0 Å². The van der Waals surface area contributed by atoms with Gasteiger partial charge in [0.15, 0.2) is 0 Å². The third-order valence-electron chi connectivity index (χ3n) is 2.91. The highest BCUT2D eigenvalue weighted by atomic mass is 35.5. The van der Waals surface area contributed by atoms with E-state index in [9.17, 15) is 8.42 Å². The molecule has 2 aromatic heterocycles. The van der Waals surface area contributed by atoms with Crippen molar-refractivity contribution in [1.82, 2.24) is 4.98 Å². The highest BCUT2D eigenvalue weighted by Crippen LogP contribution is 2.25. The highest BCUT2D eigenvalue weighted by Gasteiger charge is 2.15. The molecule has 0 aliphatic rings. The number of anilines is 3. The van der Waals surface area contributed by atoms with Gasteiger partial charge in [0, 0.05) is 0 Å². The first-order valence-corrected chi connectivity index (χ1v) is 9.33. The molecule has 2 heterocycles. The van der Waals surface area contributed by atoms with Gasteiger partial charge < -0.3 is 5.32 Å². The van der Waals surface area contributed by atoms with Gasteiger partial charge in [0.1, 0.15) is 10.0 Å². The van der Waals surface area contributed by atoms with E-state index in [0.29, 0.717) is 16.5 Å². The molecular weight excluding hydrogens is 354 g/mol. The lowest BCUT2D eigenvalue weighted by molar-refractivity contribution is 0.603. The summed E-state index contributed by atoms with van der Waals surface area (Å²) in [6, 6.07) is 13.8. The molecule has 0 bridgehead atoms. The van der Waals surface area contributed by atoms with Crippen molar-refractivity contribution in [3.05, 3.63) is 65.1 Å². The molecule has 0 unspecified atom stereocenters. The van der Waals surface area contributed by atoms with E-state index in [1.807, 2.05) is 18.2 Å². The van der Waals surface area contributed by atoms with E-state index >= 15 is 0 Å². The summed E-state index contributed by atoms with van der Waals surface area (Å²) in [6.45, 7) is 0. The molecule has 0 aliphatic carbocycles. The Kier molecular flexibility index (Phi) is 4.51. The maximum atomic E-state index is 12.1. The molecule has 2 N–H and O–H groups in total. The second-order valence-corrected chi connectivity index (χ2v) is 7.84. The number of nitrogens with zero attached hydrogens (tertiary/aromatic N) is 1. The largest absolute Gasteiger partial charge is 0.339 e. The van der Waals surface area contributed by atoms with Crippen LogP contribution in [0.15, 0.2) is 64.3 Å². The number of pyridine rings is 1. The van der Waals surface area contributed by atoms with Crippen molar-refractivity contribution in [2.45, 2.75) is 4.21 Å². The minimum absolute atomic E-state index is 0.260. The molecule has 0 amide bonds. The van der Waals surface area contributed by atoms with E-state index in [-0.39, 0.29) is 4.21 Å². The van der Waals surface area contributed by atoms with Crippen LogP contribution in [0.5, 0.6) is 0 Å². The van der Waals surface area contributed by atoms with Gasteiger partial charge in [-0.1, -0.05) is 29.8 Å². The Balaban J connectivity index is 1.74. The summed E-state index contributed by atoms with van der Waals surface area (Å²) in [7, 11) is -3.56. The first-order chi connectivity index (χ1) is 11.0. The third kappa shape index (κ3) is 3.82. The van der Waals surface area contributed by atoms with Crippen molar-refractivity contribution >= 4 is 50.2 Å². The van der Waals surface area contributed by atoms with Gasteiger partial charge in [-0.25, -0.2) is 13.4 Å². The molecule has 0 spiro atoms. The number of hydrogen-bond acceptors (Lipinski definition) is 5. The molecule has 118 valence electrons. The number of halogens is 1. The van der Waals surface area contributed by atoms with Crippen LogP contribution in [0.4, 0.5) is 17.2 Å². The zero-order valence-corrected chi connectivity index (χ0v) is 14.1. The van der Waals surface area contributed by atoms with Gasteiger partial charge in [-0.05, 0) is 35.7 Å². The first kappa shape index (κ1) is 15.8. The number of hydrogen-bond donors (Lipinski definition) is 2. The Labute approximate surface area is 143 Å². The van der Waals surface area contributed by atoms with Crippen molar-refractivity contribution in [2.75, 3.05) is 10.0 Å². The predicted octanol–water partition coefficient (Wildman–Crippen LogP) is 4.34. The molecular formula is C15H12ClN3O2S2. The second-order valence-electron chi connectivity index (χ2n) is 4.57. The average molecular weight is 366 g/mol. The van der Waals surface area contributed by atoms with Crippen LogP contribution in [0.2, 0.25) is 5.02 Å². The fourth-order valence-electron chi connectivity index (χ4n) is 1.85. The van der Waals surface area contributed by atoms with Gasteiger partial charge in [0.25, 0.3) is 10.0 Å². The maximum Gasteiger partial charge on any atom is 0.271 e. The average Bonchev–Trinajstić information content (AvgIpc) is 3.06. The maximum absolute atomic E-state index is 12.1. The molecule has 1 aromatic carbocycles. The number of rotatable bonds is 5. The fraction of sp³-hybridized carbons (Fsp3) is 0. The molecule has 3 aromatic rings. The summed E-state index contributed by atoms with van der Waals surface area (Å²) in [4.78, 5) is 4.19. The molecule has 8 heteroatoms. The SMILES string of the molecule is O=S(=O)(Nc1ccc(Nc2ccccc2Cl)nc1)c1cccs1. The van der Waals surface area contributed by atoms with Crippen LogP contribution in [0.3, 0.4) is 0 Å². The van der Waals surface area contributed by atoms with Gasteiger partial charge in [-0.2, -0.15) is 0 Å². The molecule has 23 heavy (non-hydrogen) atoms. The summed E-state index contributed by atoms with van der Waals surface area (Å²) < 4.78 is 27.0. The van der Waals surface area contributed by atoms with Crippen molar-refractivity contribution in [3.8, 4) is 0 Å². The Bertz CT molecular complexity index is 895. The lowest BCUT2D eigenvalue weighted by Gasteiger charge is -2.09. The van der Waals surface area contributed by atoms with Gasteiger partial charge in [0.2, 0.25) is 0 Å². The van der Waals surface area contributed by atoms with Crippen LogP contribution in [0.25, 0.3) is 0 Å². The van der Waals surface area contributed by atoms with Gasteiger partial charge in [0.05, 0.1) is 22.6 Å². The van der Waals surface area contributed by atoms with Crippen molar-refractivity contribution in [3.63, 3.8) is 0 Å². The first-order valence-electron chi connectivity index (χ1n) is 6.58. The number of nitrogens with one attached hydrogen (secondary N) is 2. The van der Waals surface area contributed by atoms with Gasteiger partial charge in [-0.3, -0.25) is 4.72 Å². The van der Waals surface area contributed by atoms with E-state index in [1.54, 1.807) is 35.7 Å². The number of thiophene rings is 1. The van der Waals surface area contributed by atoms with E-state index in [1.165, 1.54) is 6.20 Å². The summed E-state index contributed by atoms with van der Waals surface area (Å²) in [5, 5.41) is 5.36. The van der Waals surface area contributed by atoms with Crippen LogP contribution < -0.4 is 10.0 Å². The number of benzene rings is 1. The van der Waals surface area contributed by atoms with Crippen LogP contribution in [-0.4, -0.2) is 13.4 Å². The number of aromatic nitrogens is 1. The monoisotopic (exact) mass is 365 g/mol. The topological polar surface area (TPSA) is 71.1 Å². The quantitative estimate of drug-likeness (QED) is 0.705. The standard InChI is InChI=1S/C15H12ClN3O2S2/c16-12-4-1-2-5-13(12)18-14-8-7-11(10-17-14)19-23(20,21)15-6-3-9-22-15/h1-10,19H,(H,17,18). The number of sulfonamides is 1. The van der Waals surface area contributed by atoms with Crippen molar-refractivity contribution < 1.29 is 8.42 Å². The van der Waals surface area contributed by atoms with Crippen LogP contribution in [-0.2, 0) is 10.0 Å². The predicted molar refractivity (Wildman–Crippen MR) is 94.1 cm³/mol. The molecule has 0 radical (unpaired) electrons. The second kappa shape index (κ2) is 6.57. The Morgan fingerprint density at radius 2 is 1.87 bits per heavy atom. The smallest absolute Gasteiger partial charge is 0.271 e. The summed E-state index contributed by atoms with van der Waals surface area (Å²) >= 11 is 7.23. The Morgan fingerprint density at radius 3 is 2.52 bits per heavy atom. The Hall–Kier alpha value is -2.09. The normalized spacial score (nSPS) is 11.2. The molecule has 3 rings (SSSR count). The molecule has 0 saturated carbocycles. The lowest BCUT2D eigenvalue weighted by Crippen LogP contribution is -2.11. The minimum atomic E-state index is -3.56. The molecule has 0 saturated heterocycles. The van der Waals surface area contributed by atoms with E-state index < -0.39 is 10.0 Å². The molecule has 5 nitrogen and oxygen atoms in total. The van der Waals surface area contributed by atoms with E-state index in [2.05, 4.69) is 15.0 Å². The van der Waals surface area contributed by atoms with Crippen LogP contribution in [0.1, 0.15) is 0 Å². The van der Waals surface area contributed by atoms with Crippen LogP contribution >= 0.6 is 22.9 Å². The van der Waals surface area contributed by atoms with Gasteiger partial charge >= 0.3 is 0 Å². The van der Waals surface area contributed by atoms with Crippen molar-refractivity contribution in [1.29, 1.82) is 0 Å². The molecule has 0 fully saturated rings. The Morgan fingerprint density at radius 1 is 1.04 bits per heavy atom. The third-order valence-corrected chi connectivity index (χ3v) is 6.02. The van der Waals surface area contributed by atoms with E-state index in [4.69, 9.17) is 11.6 Å². The summed E-state index contributed by atoms with van der Waals surface area (Å²) in [5.74, 6) is 0.567. The molecule has 0 atom stereocenters. The molecule has 0 aliphatic heterocycles. The fourth-order valence-corrected chi connectivity index (χ4v) is 4.07. The lowest BCUT2D eigenvalue weighted by atomic mass is 10.3. The number of para-hydroxylation sites is 1. The van der Waals surface area contributed by atoms with Crippen molar-refractivity contribution in [2.24, 2.45) is 0 Å². The zero-order chi connectivity index (χ0) is 16.3. The summed E-state index contributed by atoms with van der Waals surface area (Å²) in [5.41, 5.74) is 1.12. The van der Waals surface area contributed by atoms with E-state index in [0.717, 1.165) is 17.0 Å². The summed E-state index contributed by atoms with van der Waals surface area (Å²) in [6.07, 6.45) is 1.45.